The van der Waals surface area contributed by atoms with E-state index in [9.17, 15) is 19.3 Å². The smallest absolute Gasteiger partial charge is 0.273 e. The lowest BCUT2D eigenvalue weighted by Gasteiger charge is -2.01. The molecule has 0 atom stereocenters. The van der Waals surface area contributed by atoms with Crippen LogP contribution in [0.1, 0.15) is 17.3 Å². The normalized spacial score (nSPS) is 9.93. The minimum atomic E-state index is -0.851. The summed E-state index contributed by atoms with van der Waals surface area (Å²) < 4.78 is 13.4. The highest BCUT2D eigenvalue weighted by atomic mass is 127. The molecule has 0 aromatic heterocycles. The lowest BCUT2D eigenvalue weighted by molar-refractivity contribution is -0.385. The molecule has 1 aromatic rings. The van der Waals surface area contributed by atoms with Gasteiger partial charge in [0, 0.05) is 9.64 Å². The number of carbonyl (C=O) groups is 1. The van der Waals surface area contributed by atoms with Gasteiger partial charge in [-0.05, 0) is 29.5 Å². The summed E-state index contributed by atoms with van der Waals surface area (Å²) in [4.78, 5) is 20.6. The largest absolute Gasteiger partial charge is 0.294 e. The van der Waals surface area contributed by atoms with E-state index in [-0.39, 0.29) is 14.8 Å². The van der Waals surface area contributed by atoms with Crippen molar-refractivity contribution < 1.29 is 14.1 Å². The van der Waals surface area contributed by atoms with E-state index in [1.54, 1.807) is 22.6 Å². The zero-order chi connectivity index (χ0) is 10.9. The number of benzene rings is 1. The number of carbonyl (C=O) groups excluding carboxylic acids is 1. The van der Waals surface area contributed by atoms with Gasteiger partial charge in [-0.15, -0.1) is 0 Å². The van der Waals surface area contributed by atoms with Gasteiger partial charge in [0.05, 0.1) is 16.6 Å². The topological polar surface area (TPSA) is 60.2 Å². The van der Waals surface area contributed by atoms with Gasteiger partial charge < -0.3 is 0 Å². The Kier molecular flexibility index (Phi) is 3.14. The zero-order valence-electron chi connectivity index (χ0n) is 7.08. The molecule has 0 saturated heterocycles. The van der Waals surface area contributed by atoms with E-state index in [0.29, 0.717) is 0 Å². The molecule has 0 heterocycles. The molecule has 0 aliphatic heterocycles. The summed E-state index contributed by atoms with van der Waals surface area (Å²) >= 11 is 1.69. The first kappa shape index (κ1) is 11.0. The first-order chi connectivity index (χ1) is 6.43. The van der Waals surface area contributed by atoms with Crippen LogP contribution in [-0.2, 0) is 0 Å². The zero-order valence-corrected chi connectivity index (χ0v) is 9.24. The van der Waals surface area contributed by atoms with Gasteiger partial charge >= 0.3 is 0 Å². The number of non-ortho nitro benzene ring substituents is 1. The highest BCUT2D eigenvalue weighted by Crippen LogP contribution is 2.23. The van der Waals surface area contributed by atoms with E-state index in [2.05, 4.69) is 0 Å². The van der Waals surface area contributed by atoms with E-state index < -0.39 is 16.5 Å². The Balaban J connectivity index is 3.39. The van der Waals surface area contributed by atoms with E-state index in [4.69, 9.17) is 0 Å². The van der Waals surface area contributed by atoms with Crippen molar-refractivity contribution in [1.29, 1.82) is 0 Å². The molecule has 0 spiro atoms. The molecular formula is C8H5FINO3. The molecule has 0 radical (unpaired) electrons. The molecule has 6 heteroatoms. The summed E-state index contributed by atoms with van der Waals surface area (Å²) in [6, 6.07) is 1.92. The molecule has 0 N–H and O–H groups in total. The summed E-state index contributed by atoms with van der Waals surface area (Å²) in [5.74, 6) is -1.29. The van der Waals surface area contributed by atoms with Crippen LogP contribution in [0.4, 0.5) is 10.1 Å². The van der Waals surface area contributed by atoms with Crippen LogP contribution in [0, 0.1) is 19.5 Å². The van der Waals surface area contributed by atoms with Gasteiger partial charge in [0.15, 0.2) is 5.78 Å². The van der Waals surface area contributed by atoms with Gasteiger partial charge in [-0.1, -0.05) is 0 Å². The Morgan fingerprint density at radius 2 is 2.14 bits per heavy atom. The maximum atomic E-state index is 13.2. The minimum absolute atomic E-state index is 0.101. The van der Waals surface area contributed by atoms with Crippen LogP contribution in [0.25, 0.3) is 0 Å². The quantitative estimate of drug-likeness (QED) is 0.365. The van der Waals surface area contributed by atoms with Crippen molar-refractivity contribution in [1.82, 2.24) is 0 Å². The first-order valence-corrected chi connectivity index (χ1v) is 4.65. The third kappa shape index (κ3) is 2.06. The SMILES string of the molecule is CC(=O)c1c(F)cc([N+](=O)[O-])cc1I. The van der Waals surface area contributed by atoms with Crippen molar-refractivity contribution in [2.75, 3.05) is 0 Å². The monoisotopic (exact) mass is 309 g/mol. The molecule has 1 rings (SSSR count). The predicted octanol–water partition coefficient (Wildman–Crippen LogP) is 2.54. The Morgan fingerprint density at radius 1 is 1.57 bits per heavy atom. The van der Waals surface area contributed by atoms with Crippen molar-refractivity contribution in [3.05, 3.63) is 37.2 Å². The van der Waals surface area contributed by atoms with Crippen molar-refractivity contribution in [3.8, 4) is 0 Å². The van der Waals surface area contributed by atoms with Crippen LogP contribution in [0.2, 0.25) is 0 Å². The molecule has 0 amide bonds. The lowest BCUT2D eigenvalue weighted by atomic mass is 10.1. The minimum Gasteiger partial charge on any atom is -0.294 e. The second-order valence-corrected chi connectivity index (χ2v) is 3.76. The third-order valence-electron chi connectivity index (χ3n) is 1.59. The fourth-order valence-corrected chi connectivity index (χ4v) is 1.96. The maximum absolute atomic E-state index is 13.2. The third-order valence-corrected chi connectivity index (χ3v) is 2.44. The molecule has 14 heavy (non-hydrogen) atoms. The fourth-order valence-electron chi connectivity index (χ4n) is 1.00. The Bertz CT molecular complexity index is 396. The number of nitrogens with zero attached hydrogens (tertiary/aromatic N) is 1. The number of nitro benzene ring substituents is 1. The predicted molar refractivity (Wildman–Crippen MR) is 55.8 cm³/mol. The summed E-state index contributed by atoms with van der Waals surface area (Å²) in [6.45, 7) is 1.21. The molecule has 0 saturated carbocycles. The molecular weight excluding hydrogens is 304 g/mol. The lowest BCUT2D eigenvalue weighted by Crippen LogP contribution is -2.02. The Morgan fingerprint density at radius 3 is 2.50 bits per heavy atom. The number of Topliss-reactive ketones (excluding diaryl/α,β-unsaturated/α-hetero) is 1. The van der Waals surface area contributed by atoms with Crippen LogP contribution in [0.5, 0.6) is 0 Å². The number of rotatable bonds is 2. The average Bonchev–Trinajstić information content (AvgIpc) is 2.01. The number of hydrogen-bond acceptors (Lipinski definition) is 3. The van der Waals surface area contributed by atoms with E-state index in [1.807, 2.05) is 0 Å². The summed E-state index contributed by atoms with van der Waals surface area (Å²) in [5, 5.41) is 10.3. The second kappa shape index (κ2) is 3.99. The summed E-state index contributed by atoms with van der Waals surface area (Å²) in [5.41, 5.74) is -0.451. The van der Waals surface area contributed by atoms with Crippen LogP contribution >= 0.6 is 22.6 Å². The molecule has 0 unspecified atom stereocenters. The Hall–Kier alpha value is -1.05. The fraction of sp³-hybridized carbons (Fsp3) is 0.125. The number of ketones is 1. The molecule has 1 aromatic carbocycles. The van der Waals surface area contributed by atoms with Crippen LogP contribution in [0.15, 0.2) is 12.1 Å². The number of halogens is 2. The average molecular weight is 309 g/mol. The number of hydrogen-bond donors (Lipinski definition) is 0. The Labute approximate surface area is 92.4 Å². The van der Waals surface area contributed by atoms with Crippen LogP contribution in [0.3, 0.4) is 0 Å². The van der Waals surface area contributed by atoms with Gasteiger partial charge in [-0.3, -0.25) is 14.9 Å². The van der Waals surface area contributed by atoms with Gasteiger partial charge in [0.25, 0.3) is 5.69 Å². The van der Waals surface area contributed by atoms with Crippen LogP contribution < -0.4 is 0 Å². The van der Waals surface area contributed by atoms with Gasteiger partial charge in [0.1, 0.15) is 5.82 Å². The summed E-state index contributed by atoms with van der Waals surface area (Å²) in [7, 11) is 0. The maximum Gasteiger partial charge on any atom is 0.273 e. The molecule has 0 bridgehead atoms. The van der Waals surface area contributed by atoms with Crippen LogP contribution in [-0.4, -0.2) is 10.7 Å². The molecule has 0 fully saturated rings. The van der Waals surface area contributed by atoms with Crippen molar-refractivity contribution in [2.24, 2.45) is 0 Å². The van der Waals surface area contributed by atoms with Gasteiger partial charge in [-0.25, -0.2) is 4.39 Å². The second-order valence-electron chi connectivity index (χ2n) is 2.60. The molecule has 4 nitrogen and oxygen atoms in total. The standard InChI is InChI=1S/C8H5FINO3/c1-4(12)8-6(9)2-5(11(13)14)3-7(8)10/h2-3H,1H3. The van der Waals surface area contributed by atoms with E-state index >= 15 is 0 Å². The molecule has 0 aliphatic rings. The van der Waals surface area contributed by atoms with E-state index in [1.165, 1.54) is 13.0 Å². The molecule has 0 aliphatic carbocycles. The van der Waals surface area contributed by atoms with Crippen molar-refractivity contribution in [3.63, 3.8) is 0 Å². The highest BCUT2D eigenvalue weighted by molar-refractivity contribution is 14.1. The first-order valence-electron chi connectivity index (χ1n) is 3.58. The highest BCUT2D eigenvalue weighted by Gasteiger charge is 2.17. The summed E-state index contributed by atoms with van der Waals surface area (Å²) in [6.07, 6.45) is 0. The molecule has 74 valence electrons. The van der Waals surface area contributed by atoms with E-state index in [0.717, 1.165) is 6.07 Å². The van der Waals surface area contributed by atoms with Gasteiger partial charge in [-0.2, -0.15) is 0 Å². The van der Waals surface area contributed by atoms with Crippen molar-refractivity contribution >= 4 is 34.1 Å². The van der Waals surface area contributed by atoms with Crippen molar-refractivity contribution in [2.45, 2.75) is 6.92 Å². The number of nitro groups is 1. The van der Waals surface area contributed by atoms with Gasteiger partial charge in [0.2, 0.25) is 0 Å².